The summed E-state index contributed by atoms with van der Waals surface area (Å²) in [7, 11) is 0. The van der Waals surface area contributed by atoms with Crippen LogP contribution in [0.15, 0.2) is 62.9 Å². The molecule has 7 nitrogen and oxygen atoms in total. The maximum atomic E-state index is 13.1. The Hall–Kier alpha value is -2.42. The van der Waals surface area contributed by atoms with Crippen molar-refractivity contribution in [3.63, 3.8) is 0 Å². The van der Waals surface area contributed by atoms with Crippen LogP contribution in [0.4, 0.5) is 0 Å². The molecule has 0 radical (unpaired) electrons. The quantitative estimate of drug-likeness (QED) is 0.667. The first-order chi connectivity index (χ1) is 14.1. The number of ketones is 1. The van der Waals surface area contributed by atoms with Gasteiger partial charge in [0.2, 0.25) is 5.78 Å². The second-order valence-corrected chi connectivity index (χ2v) is 7.89. The highest BCUT2D eigenvalue weighted by atomic mass is 79.9. The molecule has 4 rings (SSSR count). The van der Waals surface area contributed by atoms with Crippen LogP contribution >= 0.6 is 15.9 Å². The predicted octanol–water partition coefficient (Wildman–Crippen LogP) is 2.95. The summed E-state index contributed by atoms with van der Waals surface area (Å²) in [6, 6.07) is 9.86. The largest absolute Gasteiger partial charge is 0.503 e. The lowest BCUT2D eigenvalue weighted by Crippen LogP contribution is -2.43. The van der Waals surface area contributed by atoms with Gasteiger partial charge in [-0.15, -0.1) is 0 Å². The maximum Gasteiger partial charge on any atom is 0.290 e. The SMILES string of the molecule is O=C(C1=C(O)C(=O)N(CCN2CCOCC2)C1c1cccc(Br)c1)c1ccco1. The fourth-order valence-electron chi connectivity index (χ4n) is 3.75. The average molecular weight is 461 g/mol. The third-order valence-electron chi connectivity index (χ3n) is 5.22. The smallest absolute Gasteiger partial charge is 0.290 e. The summed E-state index contributed by atoms with van der Waals surface area (Å²) in [6.07, 6.45) is 1.39. The number of carbonyl (C=O) groups is 2. The first kappa shape index (κ1) is 19.9. The standard InChI is InChI=1S/C21H21BrN2O5/c22-15-4-1-3-14(13-15)18-17(19(25)16-5-2-10-29-16)20(26)21(27)24(18)7-6-23-8-11-28-12-9-23/h1-5,10,13,18,26H,6-9,11-12H2. The number of nitrogens with zero attached hydrogens (tertiary/aromatic N) is 2. The van der Waals surface area contributed by atoms with Gasteiger partial charge in [0.25, 0.3) is 5.91 Å². The Kier molecular flexibility index (Phi) is 5.84. The van der Waals surface area contributed by atoms with E-state index >= 15 is 0 Å². The molecule has 8 heteroatoms. The summed E-state index contributed by atoms with van der Waals surface area (Å²) >= 11 is 3.45. The normalized spacial score (nSPS) is 20.5. The number of morpholine rings is 1. The van der Waals surface area contributed by atoms with Crippen molar-refractivity contribution in [1.82, 2.24) is 9.80 Å². The van der Waals surface area contributed by atoms with E-state index in [0.29, 0.717) is 26.3 Å². The van der Waals surface area contributed by atoms with Gasteiger partial charge >= 0.3 is 0 Å². The van der Waals surface area contributed by atoms with Gasteiger partial charge in [-0.3, -0.25) is 14.5 Å². The summed E-state index contributed by atoms with van der Waals surface area (Å²) in [5.41, 5.74) is 0.790. The molecule has 0 aliphatic carbocycles. The van der Waals surface area contributed by atoms with E-state index in [1.54, 1.807) is 11.0 Å². The Morgan fingerprint density at radius 3 is 2.66 bits per heavy atom. The third kappa shape index (κ3) is 4.01. The lowest BCUT2D eigenvalue weighted by molar-refractivity contribution is -0.129. The second-order valence-electron chi connectivity index (χ2n) is 6.98. The first-order valence-electron chi connectivity index (χ1n) is 9.44. The summed E-state index contributed by atoms with van der Waals surface area (Å²) in [6.45, 7) is 3.93. The molecule has 1 amide bonds. The van der Waals surface area contributed by atoms with E-state index < -0.39 is 23.5 Å². The molecule has 2 aromatic rings. The van der Waals surface area contributed by atoms with Crippen LogP contribution in [0.5, 0.6) is 0 Å². The Morgan fingerprint density at radius 2 is 1.97 bits per heavy atom. The van der Waals surface area contributed by atoms with Crippen molar-refractivity contribution < 1.29 is 23.8 Å². The molecule has 3 heterocycles. The van der Waals surface area contributed by atoms with E-state index in [1.807, 2.05) is 24.3 Å². The molecule has 1 fully saturated rings. The molecule has 2 aliphatic rings. The molecule has 1 atom stereocenters. The van der Waals surface area contributed by atoms with Crippen molar-refractivity contribution in [2.45, 2.75) is 6.04 Å². The molecule has 0 spiro atoms. The van der Waals surface area contributed by atoms with Crippen molar-refractivity contribution in [3.05, 3.63) is 69.8 Å². The van der Waals surface area contributed by atoms with Gasteiger partial charge in [0.1, 0.15) is 0 Å². The van der Waals surface area contributed by atoms with E-state index in [9.17, 15) is 14.7 Å². The highest BCUT2D eigenvalue weighted by molar-refractivity contribution is 9.10. The van der Waals surface area contributed by atoms with E-state index in [4.69, 9.17) is 9.15 Å². The zero-order chi connectivity index (χ0) is 20.4. The topological polar surface area (TPSA) is 83.2 Å². The Morgan fingerprint density at radius 1 is 1.17 bits per heavy atom. The second kappa shape index (κ2) is 8.52. The van der Waals surface area contributed by atoms with Crippen molar-refractivity contribution >= 4 is 27.6 Å². The molecule has 1 saturated heterocycles. The minimum Gasteiger partial charge on any atom is -0.503 e. The number of Topliss-reactive ketones (excluding diaryl/α,β-unsaturated/α-hetero) is 1. The number of rotatable bonds is 6. The highest BCUT2D eigenvalue weighted by Crippen LogP contribution is 2.39. The molecule has 152 valence electrons. The molecular formula is C21H21BrN2O5. The monoisotopic (exact) mass is 460 g/mol. The molecule has 0 saturated carbocycles. The lowest BCUT2D eigenvalue weighted by Gasteiger charge is -2.31. The van der Waals surface area contributed by atoms with Crippen LogP contribution in [0.3, 0.4) is 0 Å². The van der Waals surface area contributed by atoms with E-state index in [0.717, 1.165) is 23.1 Å². The number of aliphatic hydroxyl groups excluding tert-OH is 1. The van der Waals surface area contributed by atoms with Gasteiger partial charge in [-0.05, 0) is 29.8 Å². The minimum atomic E-state index is -0.682. The van der Waals surface area contributed by atoms with Gasteiger partial charge in [-0.25, -0.2) is 0 Å². The number of carbonyl (C=O) groups excluding carboxylic acids is 2. The van der Waals surface area contributed by atoms with Gasteiger partial charge in [-0.1, -0.05) is 28.1 Å². The first-order valence-corrected chi connectivity index (χ1v) is 10.2. The van der Waals surface area contributed by atoms with Crippen LogP contribution in [0, 0.1) is 0 Å². The zero-order valence-corrected chi connectivity index (χ0v) is 17.3. The molecule has 1 aromatic heterocycles. The number of furan rings is 1. The summed E-state index contributed by atoms with van der Waals surface area (Å²) in [4.78, 5) is 29.7. The molecule has 1 aromatic carbocycles. The van der Waals surface area contributed by atoms with Crippen LogP contribution < -0.4 is 0 Å². The van der Waals surface area contributed by atoms with Crippen molar-refractivity contribution in [2.24, 2.45) is 0 Å². The van der Waals surface area contributed by atoms with E-state index in [2.05, 4.69) is 20.8 Å². The van der Waals surface area contributed by atoms with Gasteiger partial charge in [0.05, 0.1) is 31.1 Å². The minimum absolute atomic E-state index is 0.0463. The van der Waals surface area contributed by atoms with Crippen LogP contribution in [-0.2, 0) is 9.53 Å². The van der Waals surface area contributed by atoms with Crippen molar-refractivity contribution in [3.8, 4) is 0 Å². The van der Waals surface area contributed by atoms with Crippen LogP contribution in [0.2, 0.25) is 0 Å². The van der Waals surface area contributed by atoms with Gasteiger partial charge in [0, 0.05) is 30.7 Å². The number of halogens is 1. The van der Waals surface area contributed by atoms with E-state index in [-0.39, 0.29) is 11.3 Å². The Balaban J connectivity index is 1.67. The molecule has 29 heavy (non-hydrogen) atoms. The highest BCUT2D eigenvalue weighted by Gasteiger charge is 2.44. The fraction of sp³-hybridized carbons (Fsp3) is 0.333. The summed E-state index contributed by atoms with van der Waals surface area (Å²) in [5.74, 6) is -1.45. The van der Waals surface area contributed by atoms with E-state index in [1.165, 1.54) is 12.3 Å². The molecule has 0 bridgehead atoms. The summed E-state index contributed by atoms with van der Waals surface area (Å²) < 4.78 is 11.4. The number of aliphatic hydroxyl groups is 1. The number of ether oxygens (including phenoxy) is 1. The van der Waals surface area contributed by atoms with Crippen molar-refractivity contribution in [1.29, 1.82) is 0 Å². The number of benzene rings is 1. The number of amides is 1. The summed E-state index contributed by atoms with van der Waals surface area (Å²) in [5, 5.41) is 10.6. The molecule has 1 unspecified atom stereocenters. The Bertz CT molecular complexity index is 934. The fourth-order valence-corrected chi connectivity index (χ4v) is 4.17. The van der Waals surface area contributed by atoms with Gasteiger partial charge < -0.3 is 19.2 Å². The van der Waals surface area contributed by atoms with Crippen LogP contribution in [-0.4, -0.2) is 66.0 Å². The third-order valence-corrected chi connectivity index (χ3v) is 5.71. The Labute approximate surface area is 176 Å². The maximum absolute atomic E-state index is 13.1. The molecule has 2 aliphatic heterocycles. The average Bonchev–Trinajstić information content (AvgIpc) is 3.35. The number of hydrogen-bond acceptors (Lipinski definition) is 6. The van der Waals surface area contributed by atoms with Crippen molar-refractivity contribution in [2.75, 3.05) is 39.4 Å². The zero-order valence-electron chi connectivity index (χ0n) is 15.7. The van der Waals surface area contributed by atoms with Crippen LogP contribution in [0.25, 0.3) is 0 Å². The van der Waals surface area contributed by atoms with Gasteiger partial charge in [0.15, 0.2) is 11.5 Å². The molecule has 1 N–H and O–H groups in total. The predicted molar refractivity (Wildman–Crippen MR) is 109 cm³/mol. The number of hydrogen-bond donors (Lipinski definition) is 1. The van der Waals surface area contributed by atoms with Gasteiger partial charge in [-0.2, -0.15) is 0 Å². The molecular weight excluding hydrogens is 440 g/mol. The van der Waals surface area contributed by atoms with Crippen LogP contribution in [0.1, 0.15) is 22.2 Å². The lowest BCUT2D eigenvalue weighted by atomic mass is 9.95.